The molecule has 6 heteroatoms. The van der Waals surface area contributed by atoms with Crippen LogP contribution in [0, 0.1) is 5.92 Å². The Hall–Kier alpha value is -2.11. The zero-order valence-corrected chi connectivity index (χ0v) is 13.2. The molecule has 0 radical (unpaired) electrons. The molecule has 124 valence electrons. The molecule has 23 heavy (non-hydrogen) atoms. The van der Waals surface area contributed by atoms with E-state index in [1.165, 1.54) is 0 Å². The van der Waals surface area contributed by atoms with E-state index in [0.717, 1.165) is 32.1 Å². The molecule has 2 fully saturated rings. The molecule has 1 saturated carbocycles. The second kappa shape index (κ2) is 7.44. The molecule has 0 aromatic carbocycles. The molecule has 2 N–H and O–H groups in total. The fourth-order valence-corrected chi connectivity index (χ4v) is 3.24. The maximum atomic E-state index is 12.2. The van der Waals surface area contributed by atoms with Gasteiger partial charge in [0.25, 0.3) is 0 Å². The summed E-state index contributed by atoms with van der Waals surface area (Å²) in [5.41, 5.74) is 0. The number of nitrogens with one attached hydrogen (secondary N) is 2. The largest absolute Gasteiger partial charge is 0.474 e. The van der Waals surface area contributed by atoms with Gasteiger partial charge in [0.05, 0.1) is 0 Å². The maximum Gasteiger partial charge on any atom is 0.232 e. The van der Waals surface area contributed by atoms with Crippen LogP contribution in [0.1, 0.15) is 38.5 Å². The van der Waals surface area contributed by atoms with Crippen molar-refractivity contribution in [2.45, 2.75) is 50.7 Å². The minimum absolute atomic E-state index is 0.128. The Morgan fingerprint density at radius 1 is 1.22 bits per heavy atom. The lowest BCUT2D eigenvalue weighted by Crippen LogP contribution is -2.48. The number of amides is 2. The third-order valence-electron chi connectivity index (χ3n) is 4.55. The quantitative estimate of drug-likeness (QED) is 0.823. The van der Waals surface area contributed by atoms with Crippen molar-refractivity contribution in [3.8, 4) is 5.88 Å². The second-order valence-electron chi connectivity index (χ2n) is 6.25. The highest BCUT2D eigenvalue weighted by molar-refractivity contribution is 6.00. The number of pyridine rings is 1. The van der Waals surface area contributed by atoms with E-state index in [4.69, 9.17) is 4.74 Å². The smallest absolute Gasteiger partial charge is 0.232 e. The van der Waals surface area contributed by atoms with Gasteiger partial charge in [0.2, 0.25) is 17.7 Å². The summed E-state index contributed by atoms with van der Waals surface area (Å²) in [6.07, 6.45) is 6.91. The summed E-state index contributed by atoms with van der Waals surface area (Å²) >= 11 is 0. The van der Waals surface area contributed by atoms with Crippen molar-refractivity contribution in [2.75, 3.05) is 6.54 Å². The van der Waals surface area contributed by atoms with Crippen LogP contribution >= 0.6 is 0 Å². The van der Waals surface area contributed by atoms with Crippen molar-refractivity contribution in [1.29, 1.82) is 0 Å². The normalized spacial score (nSPS) is 27.8. The molecule has 1 atom stereocenters. The van der Waals surface area contributed by atoms with Crippen molar-refractivity contribution < 1.29 is 14.3 Å². The van der Waals surface area contributed by atoms with Crippen LogP contribution in [0.4, 0.5) is 0 Å². The first-order valence-electron chi connectivity index (χ1n) is 8.38. The van der Waals surface area contributed by atoms with Crippen LogP contribution in [0.15, 0.2) is 24.4 Å². The maximum absolute atomic E-state index is 12.2. The molecule has 1 aliphatic heterocycles. The average Bonchev–Trinajstić information content (AvgIpc) is 2.58. The third-order valence-corrected chi connectivity index (χ3v) is 4.55. The highest BCUT2D eigenvalue weighted by Crippen LogP contribution is 2.23. The molecule has 2 amide bonds. The predicted molar refractivity (Wildman–Crippen MR) is 84.8 cm³/mol. The Bertz CT molecular complexity index is 541. The Labute approximate surface area is 136 Å². The lowest BCUT2D eigenvalue weighted by Gasteiger charge is -2.30. The van der Waals surface area contributed by atoms with Crippen molar-refractivity contribution >= 4 is 11.8 Å². The van der Waals surface area contributed by atoms with E-state index in [0.29, 0.717) is 18.8 Å². The van der Waals surface area contributed by atoms with Gasteiger partial charge in [0.1, 0.15) is 12.0 Å². The minimum Gasteiger partial charge on any atom is -0.474 e. The van der Waals surface area contributed by atoms with E-state index in [1.807, 2.05) is 18.2 Å². The molecular formula is C17H23N3O3. The monoisotopic (exact) mass is 317 g/mol. The van der Waals surface area contributed by atoms with Crippen molar-refractivity contribution in [2.24, 2.45) is 5.92 Å². The summed E-state index contributed by atoms with van der Waals surface area (Å²) in [6.45, 7) is 0.679. The van der Waals surface area contributed by atoms with Crippen LogP contribution < -0.4 is 15.4 Å². The fourth-order valence-electron chi connectivity index (χ4n) is 3.24. The Morgan fingerprint density at radius 3 is 2.74 bits per heavy atom. The van der Waals surface area contributed by atoms with E-state index in [1.54, 1.807) is 6.20 Å². The van der Waals surface area contributed by atoms with Crippen LogP contribution in [0.25, 0.3) is 0 Å². The molecule has 1 unspecified atom stereocenters. The standard InChI is InChI=1S/C17H23N3O3/c21-16-14(4-3-11-19-16)17(22)20-12-6-8-13(9-7-12)23-15-5-1-2-10-18-15/h1-2,5,10,12-14H,3-4,6-9,11H2,(H,19,21)(H,20,22). The van der Waals surface area contributed by atoms with Crippen LogP contribution in [0.3, 0.4) is 0 Å². The molecule has 0 spiro atoms. The summed E-state index contributed by atoms with van der Waals surface area (Å²) in [7, 11) is 0. The van der Waals surface area contributed by atoms with Gasteiger partial charge in [-0.25, -0.2) is 4.98 Å². The van der Waals surface area contributed by atoms with E-state index in [-0.39, 0.29) is 24.0 Å². The summed E-state index contributed by atoms with van der Waals surface area (Å²) in [5.74, 6) is -0.137. The summed E-state index contributed by atoms with van der Waals surface area (Å²) in [4.78, 5) is 28.1. The number of hydrogen-bond donors (Lipinski definition) is 2. The van der Waals surface area contributed by atoms with Crippen molar-refractivity contribution in [3.05, 3.63) is 24.4 Å². The van der Waals surface area contributed by atoms with Gasteiger partial charge in [0.15, 0.2) is 0 Å². The van der Waals surface area contributed by atoms with Crippen molar-refractivity contribution in [1.82, 2.24) is 15.6 Å². The summed E-state index contributed by atoms with van der Waals surface area (Å²) in [5, 5.41) is 5.79. The van der Waals surface area contributed by atoms with Crippen LogP contribution in [-0.4, -0.2) is 35.5 Å². The van der Waals surface area contributed by atoms with Gasteiger partial charge in [-0.2, -0.15) is 0 Å². The Morgan fingerprint density at radius 2 is 2.04 bits per heavy atom. The molecular weight excluding hydrogens is 294 g/mol. The number of hydrogen-bond acceptors (Lipinski definition) is 4. The van der Waals surface area contributed by atoms with Crippen LogP contribution in [0.2, 0.25) is 0 Å². The Kier molecular flexibility index (Phi) is 5.10. The molecule has 0 bridgehead atoms. The highest BCUT2D eigenvalue weighted by Gasteiger charge is 2.31. The number of piperidine rings is 1. The van der Waals surface area contributed by atoms with Gasteiger partial charge in [-0.1, -0.05) is 6.07 Å². The van der Waals surface area contributed by atoms with Gasteiger partial charge in [-0.15, -0.1) is 0 Å². The number of nitrogens with zero attached hydrogens (tertiary/aromatic N) is 1. The predicted octanol–water partition coefficient (Wildman–Crippen LogP) is 1.41. The van der Waals surface area contributed by atoms with Crippen LogP contribution in [-0.2, 0) is 9.59 Å². The topological polar surface area (TPSA) is 80.3 Å². The number of rotatable bonds is 4. The summed E-state index contributed by atoms with van der Waals surface area (Å²) < 4.78 is 5.85. The number of aromatic nitrogens is 1. The number of carbonyl (C=O) groups excluding carboxylic acids is 2. The van der Waals surface area contributed by atoms with E-state index in [9.17, 15) is 9.59 Å². The first kappa shape index (κ1) is 15.8. The van der Waals surface area contributed by atoms with Gasteiger partial charge in [0, 0.05) is 24.8 Å². The summed E-state index contributed by atoms with van der Waals surface area (Å²) in [6, 6.07) is 5.76. The zero-order valence-electron chi connectivity index (χ0n) is 13.2. The SMILES string of the molecule is O=C1NCCCC1C(=O)NC1CCC(Oc2ccccn2)CC1. The van der Waals surface area contributed by atoms with Crippen LogP contribution in [0.5, 0.6) is 5.88 Å². The van der Waals surface area contributed by atoms with Crippen molar-refractivity contribution in [3.63, 3.8) is 0 Å². The molecule has 6 nitrogen and oxygen atoms in total. The molecule has 2 heterocycles. The number of carbonyl (C=O) groups is 2. The van der Waals surface area contributed by atoms with Gasteiger partial charge in [-0.05, 0) is 44.6 Å². The highest BCUT2D eigenvalue weighted by atomic mass is 16.5. The first-order chi connectivity index (χ1) is 11.2. The first-order valence-corrected chi connectivity index (χ1v) is 8.38. The zero-order chi connectivity index (χ0) is 16.1. The Balaban J connectivity index is 1.44. The average molecular weight is 317 g/mol. The van der Waals surface area contributed by atoms with Gasteiger partial charge >= 0.3 is 0 Å². The van der Waals surface area contributed by atoms with Gasteiger partial charge in [-0.3, -0.25) is 9.59 Å². The third kappa shape index (κ3) is 4.21. The second-order valence-corrected chi connectivity index (χ2v) is 6.25. The van der Waals surface area contributed by atoms with E-state index < -0.39 is 5.92 Å². The van der Waals surface area contributed by atoms with Gasteiger partial charge < -0.3 is 15.4 Å². The molecule has 3 rings (SSSR count). The molecule has 1 aromatic heterocycles. The number of ether oxygens (including phenoxy) is 1. The lowest BCUT2D eigenvalue weighted by molar-refractivity contribution is -0.137. The molecule has 1 aromatic rings. The fraction of sp³-hybridized carbons (Fsp3) is 0.588. The molecule has 2 aliphatic rings. The van der Waals surface area contributed by atoms with E-state index >= 15 is 0 Å². The van der Waals surface area contributed by atoms with E-state index in [2.05, 4.69) is 15.6 Å². The minimum atomic E-state index is -0.522. The molecule has 1 saturated heterocycles. The molecule has 1 aliphatic carbocycles. The lowest BCUT2D eigenvalue weighted by atomic mass is 9.91.